The Balaban J connectivity index is 1.30. The molecule has 2 aromatic heterocycles. The van der Waals surface area contributed by atoms with Gasteiger partial charge in [-0.1, -0.05) is 5.16 Å². The SMILES string of the molecule is Cc1nc2cc(OCc3cc(C(=O)NCC4CCCCO4)no3)ccc2s1. The van der Waals surface area contributed by atoms with Crippen molar-refractivity contribution in [3.05, 3.63) is 40.7 Å². The minimum Gasteiger partial charge on any atom is -0.485 e. The summed E-state index contributed by atoms with van der Waals surface area (Å²) in [4.78, 5) is 16.6. The van der Waals surface area contributed by atoms with Crippen molar-refractivity contribution in [2.75, 3.05) is 13.2 Å². The Bertz CT molecular complexity index is 930. The summed E-state index contributed by atoms with van der Waals surface area (Å²) in [5, 5.41) is 7.69. The number of amides is 1. The molecule has 7 nitrogen and oxygen atoms in total. The Morgan fingerprint density at radius 3 is 3.15 bits per heavy atom. The first-order chi connectivity index (χ1) is 13.2. The van der Waals surface area contributed by atoms with Crippen LogP contribution in [0, 0.1) is 6.92 Å². The second-order valence-electron chi connectivity index (χ2n) is 6.53. The quantitative estimate of drug-likeness (QED) is 0.697. The van der Waals surface area contributed by atoms with E-state index in [0.717, 1.165) is 41.1 Å². The molecule has 27 heavy (non-hydrogen) atoms. The molecule has 1 atom stereocenters. The molecule has 1 unspecified atom stereocenters. The van der Waals surface area contributed by atoms with E-state index in [2.05, 4.69) is 15.5 Å². The van der Waals surface area contributed by atoms with Crippen molar-refractivity contribution >= 4 is 27.5 Å². The Morgan fingerprint density at radius 1 is 1.37 bits per heavy atom. The number of benzene rings is 1. The Labute approximate surface area is 160 Å². The van der Waals surface area contributed by atoms with E-state index in [1.54, 1.807) is 17.4 Å². The second-order valence-corrected chi connectivity index (χ2v) is 7.76. The molecule has 3 heterocycles. The number of carbonyl (C=O) groups is 1. The predicted octanol–water partition coefficient (Wildman–Crippen LogP) is 3.47. The maximum atomic E-state index is 12.2. The molecule has 1 saturated heterocycles. The molecule has 3 aromatic rings. The average molecular weight is 387 g/mol. The first kappa shape index (κ1) is 17.9. The lowest BCUT2D eigenvalue weighted by atomic mass is 10.1. The normalized spacial score (nSPS) is 17.1. The first-order valence-electron chi connectivity index (χ1n) is 9.03. The molecule has 1 aliphatic heterocycles. The number of aryl methyl sites for hydroxylation is 1. The molecule has 0 radical (unpaired) electrons. The number of aromatic nitrogens is 2. The fourth-order valence-corrected chi connectivity index (χ4v) is 3.83. The van der Waals surface area contributed by atoms with Crippen LogP contribution < -0.4 is 10.1 Å². The molecule has 8 heteroatoms. The van der Waals surface area contributed by atoms with E-state index in [4.69, 9.17) is 14.0 Å². The van der Waals surface area contributed by atoms with Gasteiger partial charge in [0.1, 0.15) is 12.4 Å². The highest BCUT2D eigenvalue weighted by atomic mass is 32.1. The van der Waals surface area contributed by atoms with Crippen molar-refractivity contribution in [1.29, 1.82) is 0 Å². The first-order valence-corrected chi connectivity index (χ1v) is 9.84. The predicted molar refractivity (Wildman–Crippen MR) is 101 cm³/mol. The standard InChI is InChI=1S/C19H21N3O4S/c1-12-21-16-8-13(5-6-18(16)27-12)25-11-15-9-17(22-26-15)19(23)20-10-14-4-2-3-7-24-14/h5-6,8-9,14H,2-4,7,10-11H2,1H3,(H,20,23). The zero-order chi connectivity index (χ0) is 18.6. The van der Waals surface area contributed by atoms with Gasteiger partial charge in [0, 0.05) is 25.3 Å². The van der Waals surface area contributed by atoms with E-state index in [1.165, 1.54) is 0 Å². The largest absolute Gasteiger partial charge is 0.485 e. The van der Waals surface area contributed by atoms with Gasteiger partial charge in [0.2, 0.25) is 0 Å². The highest BCUT2D eigenvalue weighted by Crippen LogP contribution is 2.26. The molecule has 1 aliphatic rings. The van der Waals surface area contributed by atoms with Crippen molar-refractivity contribution < 1.29 is 18.8 Å². The number of nitrogens with zero attached hydrogens (tertiary/aromatic N) is 2. The molecule has 1 fully saturated rings. The average Bonchev–Trinajstić information content (AvgIpc) is 3.30. The maximum Gasteiger partial charge on any atom is 0.273 e. The molecule has 1 aromatic carbocycles. The van der Waals surface area contributed by atoms with Crippen molar-refractivity contribution in [1.82, 2.24) is 15.5 Å². The van der Waals surface area contributed by atoms with Crippen molar-refractivity contribution in [3.8, 4) is 5.75 Å². The summed E-state index contributed by atoms with van der Waals surface area (Å²) in [7, 11) is 0. The van der Waals surface area contributed by atoms with Crippen molar-refractivity contribution in [2.45, 2.75) is 38.9 Å². The van der Waals surface area contributed by atoms with E-state index < -0.39 is 0 Å². The van der Waals surface area contributed by atoms with Gasteiger partial charge >= 0.3 is 0 Å². The van der Waals surface area contributed by atoms with E-state index in [1.807, 2.05) is 25.1 Å². The van der Waals surface area contributed by atoms with Crippen LogP contribution in [0.1, 0.15) is 40.5 Å². The molecular formula is C19H21N3O4S. The molecule has 4 rings (SSSR count). The number of carbonyl (C=O) groups excluding carboxylic acids is 1. The Hall–Kier alpha value is -2.45. The smallest absolute Gasteiger partial charge is 0.273 e. The van der Waals surface area contributed by atoms with Gasteiger partial charge in [-0.15, -0.1) is 11.3 Å². The monoisotopic (exact) mass is 387 g/mol. The summed E-state index contributed by atoms with van der Waals surface area (Å²) in [6, 6.07) is 7.38. The van der Waals surface area contributed by atoms with Gasteiger partial charge in [0.15, 0.2) is 11.5 Å². The van der Waals surface area contributed by atoms with Gasteiger partial charge in [-0.3, -0.25) is 4.79 Å². The van der Waals surface area contributed by atoms with Crippen LogP contribution in [0.5, 0.6) is 5.75 Å². The lowest BCUT2D eigenvalue weighted by Crippen LogP contribution is -2.35. The fourth-order valence-electron chi connectivity index (χ4n) is 3.02. The number of hydrogen-bond donors (Lipinski definition) is 1. The summed E-state index contributed by atoms with van der Waals surface area (Å²) in [5.74, 6) is 0.923. The summed E-state index contributed by atoms with van der Waals surface area (Å²) in [5.41, 5.74) is 1.16. The third-order valence-electron chi connectivity index (χ3n) is 4.40. The third kappa shape index (κ3) is 4.45. The number of rotatable bonds is 6. The van der Waals surface area contributed by atoms with E-state index >= 15 is 0 Å². The molecule has 0 spiro atoms. The number of ether oxygens (including phenoxy) is 2. The lowest BCUT2D eigenvalue weighted by molar-refractivity contribution is 0.0168. The van der Waals surface area contributed by atoms with Gasteiger partial charge in [-0.05, 0) is 38.3 Å². The van der Waals surface area contributed by atoms with Gasteiger partial charge in [-0.25, -0.2) is 4.98 Å². The molecular weight excluding hydrogens is 366 g/mol. The minimum atomic E-state index is -0.265. The third-order valence-corrected chi connectivity index (χ3v) is 5.35. The number of thiazole rings is 1. The van der Waals surface area contributed by atoms with E-state index in [-0.39, 0.29) is 24.3 Å². The van der Waals surface area contributed by atoms with Gasteiger partial charge in [0.05, 0.1) is 21.3 Å². The van der Waals surface area contributed by atoms with Gasteiger partial charge < -0.3 is 19.3 Å². The minimum absolute atomic E-state index is 0.0849. The zero-order valence-corrected chi connectivity index (χ0v) is 15.9. The highest BCUT2D eigenvalue weighted by Gasteiger charge is 2.17. The fraction of sp³-hybridized carbons (Fsp3) is 0.421. The van der Waals surface area contributed by atoms with Crippen molar-refractivity contribution in [2.24, 2.45) is 0 Å². The van der Waals surface area contributed by atoms with E-state index in [9.17, 15) is 4.79 Å². The molecule has 0 bridgehead atoms. The second kappa shape index (κ2) is 8.06. The molecule has 1 amide bonds. The molecule has 1 N–H and O–H groups in total. The molecule has 0 saturated carbocycles. The highest BCUT2D eigenvalue weighted by molar-refractivity contribution is 7.18. The summed E-state index contributed by atoms with van der Waals surface area (Å²) < 4.78 is 17.7. The molecule has 0 aliphatic carbocycles. The lowest BCUT2D eigenvalue weighted by Gasteiger charge is -2.22. The van der Waals surface area contributed by atoms with Crippen LogP contribution in [-0.4, -0.2) is 35.3 Å². The Morgan fingerprint density at radius 2 is 2.30 bits per heavy atom. The summed E-state index contributed by atoms with van der Waals surface area (Å²) >= 11 is 1.65. The molecule has 142 valence electrons. The van der Waals surface area contributed by atoms with Gasteiger partial charge in [0.25, 0.3) is 5.91 Å². The number of nitrogens with one attached hydrogen (secondary N) is 1. The van der Waals surface area contributed by atoms with Crippen LogP contribution in [-0.2, 0) is 11.3 Å². The number of fused-ring (bicyclic) bond motifs is 1. The Kier molecular flexibility index (Phi) is 5.35. The van der Waals surface area contributed by atoms with Crippen LogP contribution in [0.2, 0.25) is 0 Å². The van der Waals surface area contributed by atoms with Crippen LogP contribution in [0.3, 0.4) is 0 Å². The zero-order valence-electron chi connectivity index (χ0n) is 15.1. The van der Waals surface area contributed by atoms with Crippen LogP contribution in [0.15, 0.2) is 28.8 Å². The summed E-state index contributed by atoms with van der Waals surface area (Å²) in [6.07, 6.45) is 3.28. The number of hydrogen-bond acceptors (Lipinski definition) is 7. The van der Waals surface area contributed by atoms with Gasteiger partial charge in [-0.2, -0.15) is 0 Å². The van der Waals surface area contributed by atoms with Crippen LogP contribution >= 0.6 is 11.3 Å². The van der Waals surface area contributed by atoms with Crippen molar-refractivity contribution in [3.63, 3.8) is 0 Å². The van der Waals surface area contributed by atoms with E-state index in [0.29, 0.717) is 18.1 Å². The van der Waals surface area contributed by atoms with Crippen LogP contribution in [0.4, 0.5) is 0 Å². The topological polar surface area (TPSA) is 86.5 Å². The van der Waals surface area contributed by atoms with Crippen LogP contribution in [0.25, 0.3) is 10.2 Å². The maximum absolute atomic E-state index is 12.2. The summed E-state index contributed by atoms with van der Waals surface area (Å²) in [6.45, 7) is 3.43.